The number of sulfonamides is 1. The molecule has 11 heteroatoms. The molecule has 2 aromatic rings. The van der Waals surface area contributed by atoms with E-state index < -0.39 is 22.2 Å². The van der Waals surface area contributed by atoms with Gasteiger partial charge in [-0.2, -0.15) is 0 Å². The van der Waals surface area contributed by atoms with E-state index in [9.17, 15) is 18.3 Å². The van der Waals surface area contributed by atoms with Crippen LogP contribution in [-0.4, -0.2) is 84.9 Å². The minimum atomic E-state index is -3.82. The molecule has 2 saturated heterocycles. The molecule has 10 nitrogen and oxygen atoms in total. The Kier molecular flexibility index (Phi) is 7.32. The Morgan fingerprint density at radius 3 is 2.55 bits per heavy atom. The molecule has 0 spiro atoms. The van der Waals surface area contributed by atoms with E-state index >= 15 is 0 Å². The number of para-hydroxylation sites is 1. The summed E-state index contributed by atoms with van der Waals surface area (Å²) in [6.07, 6.45) is 2.98. The molecule has 0 bridgehead atoms. The molecule has 2 aliphatic heterocycles. The largest absolute Gasteiger partial charge is 0.394 e. The summed E-state index contributed by atoms with van der Waals surface area (Å²) in [7, 11) is -2.13. The van der Waals surface area contributed by atoms with Crippen molar-refractivity contribution in [2.75, 3.05) is 37.7 Å². The molecule has 3 atom stereocenters. The van der Waals surface area contributed by atoms with Crippen LogP contribution in [0.5, 0.6) is 0 Å². The standard InChI is InChI=1S/C22H31N5O5S/c1-25-14-21(23-16-25)33(30,31)24-19-8-7-18(32-20(19)15-28)13-22(29)27-11-9-26(10-12-27)17-5-3-2-4-6-17/h2-6,14,16,18-20,24,28H,7-13,15H2,1H3/t18-,19+,20+/m1/s1. The maximum Gasteiger partial charge on any atom is 0.259 e. The van der Waals surface area contributed by atoms with Gasteiger partial charge in [-0.3, -0.25) is 4.79 Å². The number of hydrogen-bond acceptors (Lipinski definition) is 7. The molecule has 0 unspecified atom stereocenters. The van der Waals surface area contributed by atoms with Gasteiger partial charge in [-0.15, -0.1) is 0 Å². The number of carbonyl (C=O) groups excluding carboxylic acids is 1. The number of aliphatic hydroxyl groups excluding tert-OH is 1. The number of aryl methyl sites for hydroxylation is 1. The zero-order chi connectivity index (χ0) is 23.4. The molecule has 3 heterocycles. The fourth-order valence-corrected chi connectivity index (χ4v) is 5.66. The van der Waals surface area contributed by atoms with Crippen LogP contribution in [0, 0.1) is 0 Å². The summed E-state index contributed by atoms with van der Waals surface area (Å²) >= 11 is 0. The van der Waals surface area contributed by atoms with Gasteiger partial charge in [0.05, 0.1) is 37.6 Å². The van der Waals surface area contributed by atoms with E-state index in [2.05, 4.69) is 26.7 Å². The third kappa shape index (κ3) is 5.72. The third-order valence-corrected chi connectivity index (χ3v) is 7.59. The van der Waals surface area contributed by atoms with Crippen LogP contribution in [0.25, 0.3) is 0 Å². The van der Waals surface area contributed by atoms with Crippen molar-refractivity contribution in [2.45, 2.75) is 42.5 Å². The molecule has 2 N–H and O–H groups in total. The number of benzene rings is 1. The first-order valence-corrected chi connectivity index (χ1v) is 12.7. The van der Waals surface area contributed by atoms with Gasteiger partial charge in [0.1, 0.15) is 0 Å². The van der Waals surface area contributed by atoms with Crippen LogP contribution in [0.1, 0.15) is 19.3 Å². The summed E-state index contributed by atoms with van der Waals surface area (Å²) in [6, 6.07) is 9.56. The van der Waals surface area contributed by atoms with E-state index in [1.54, 1.807) is 11.6 Å². The van der Waals surface area contributed by atoms with Gasteiger partial charge in [-0.25, -0.2) is 18.1 Å². The summed E-state index contributed by atoms with van der Waals surface area (Å²) in [6.45, 7) is 2.51. The number of amides is 1. The summed E-state index contributed by atoms with van der Waals surface area (Å²) in [5, 5.41) is 9.72. The molecule has 33 heavy (non-hydrogen) atoms. The Labute approximate surface area is 194 Å². The molecule has 0 aliphatic carbocycles. The highest BCUT2D eigenvalue weighted by Crippen LogP contribution is 2.24. The van der Waals surface area contributed by atoms with Crippen LogP contribution in [0.2, 0.25) is 0 Å². The Hall–Kier alpha value is -2.47. The second-order valence-corrected chi connectivity index (χ2v) is 10.2. The van der Waals surface area contributed by atoms with E-state index in [1.165, 1.54) is 12.5 Å². The second-order valence-electron chi connectivity index (χ2n) is 8.57. The zero-order valence-corrected chi connectivity index (χ0v) is 19.5. The summed E-state index contributed by atoms with van der Waals surface area (Å²) in [5.41, 5.74) is 1.16. The van der Waals surface area contributed by atoms with Crippen molar-refractivity contribution in [3.8, 4) is 0 Å². The van der Waals surface area contributed by atoms with Crippen LogP contribution in [0.3, 0.4) is 0 Å². The topological polar surface area (TPSA) is 117 Å². The monoisotopic (exact) mass is 477 g/mol. The van der Waals surface area contributed by atoms with Crippen molar-refractivity contribution < 1.29 is 23.1 Å². The molecule has 1 aromatic carbocycles. The van der Waals surface area contributed by atoms with Crippen LogP contribution < -0.4 is 9.62 Å². The van der Waals surface area contributed by atoms with Gasteiger partial charge < -0.3 is 24.2 Å². The Balaban J connectivity index is 1.28. The normalized spacial score (nSPS) is 24.1. The molecule has 0 radical (unpaired) electrons. The van der Waals surface area contributed by atoms with Crippen molar-refractivity contribution in [1.29, 1.82) is 0 Å². The van der Waals surface area contributed by atoms with Crippen LogP contribution in [0.4, 0.5) is 5.69 Å². The minimum absolute atomic E-state index is 0.0249. The maximum absolute atomic E-state index is 12.8. The lowest BCUT2D eigenvalue weighted by Crippen LogP contribution is -2.52. The Morgan fingerprint density at radius 2 is 1.91 bits per heavy atom. The number of hydrogen-bond donors (Lipinski definition) is 2. The lowest BCUT2D eigenvalue weighted by Gasteiger charge is -2.38. The highest BCUT2D eigenvalue weighted by Gasteiger charge is 2.36. The highest BCUT2D eigenvalue weighted by atomic mass is 32.2. The highest BCUT2D eigenvalue weighted by molar-refractivity contribution is 7.89. The van der Waals surface area contributed by atoms with Crippen LogP contribution in [-0.2, 0) is 26.6 Å². The van der Waals surface area contributed by atoms with Gasteiger partial charge in [0, 0.05) is 45.1 Å². The average molecular weight is 478 g/mol. The van der Waals surface area contributed by atoms with E-state index in [1.807, 2.05) is 23.1 Å². The van der Waals surface area contributed by atoms with Crippen molar-refractivity contribution in [3.63, 3.8) is 0 Å². The van der Waals surface area contributed by atoms with Crippen LogP contribution in [0.15, 0.2) is 47.9 Å². The number of carbonyl (C=O) groups is 1. The van der Waals surface area contributed by atoms with E-state index in [0.717, 1.165) is 18.8 Å². The first-order chi connectivity index (χ1) is 15.9. The molecule has 4 rings (SSSR count). The number of anilines is 1. The number of aliphatic hydroxyl groups is 1. The number of ether oxygens (including phenoxy) is 1. The number of nitrogens with zero attached hydrogens (tertiary/aromatic N) is 4. The Bertz CT molecular complexity index is 1040. The van der Waals surface area contributed by atoms with Crippen molar-refractivity contribution in [1.82, 2.24) is 19.2 Å². The molecule has 2 aliphatic rings. The summed E-state index contributed by atoms with van der Waals surface area (Å²) in [5.74, 6) is 0.0249. The van der Waals surface area contributed by atoms with Gasteiger partial charge in [0.15, 0.2) is 5.03 Å². The van der Waals surface area contributed by atoms with Gasteiger partial charge in [0.2, 0.25) is 5.91 Å². The SMILES string of the molecule is Cn1cnc(S(=O)(=O)N[C@H]2CC[C@H](CC(=O)N3CCN(c4ccccc4)CC3)O[C@H]2CO)c1. The first-order valence-electron chi connectivity index (χ1n) is 11.2. The molecule has 2 fully saturated rings. The van der Waals surface area contributed by atoms with Crippen molar-refractivity contribution in [2.24, 2.45) is 7.05 Å². The number of piperazine rings is 1. The quantitative estimate of drug-likeness (QED) is 0.591. The third-order valence-electron chi connectivity index (χ3n) is 6.21. The first kappa shape index (κ1) is 23.7. The molecular formula is C22H31N5O5S. The van der Waals surface area contributed by atoms with Crippen molar-refractivity contribution in [3.05, 3.63) is 42.9 Å². The predicted molar refractivity (Wildman–Crippen MR) is 122 cm³/mol. The van der Waals surface area contributed by atoms with E-state index in [0.29, 0.717) is 25.9 Å². The number of nitrogens with one attached hydrogen (secondary N) is 1. The molecular weight excluding hydrogens is 446 g/mol. The van der Waals surface area contributed by atoms with Gasteiger partial charge in [0.25, 0.3) is 10.0 Å². The molecule has 1 amide bonds. The fourth-order valence-electron chi connectivity index (χ4n) is 4.38. The second kappa shape index (κ2) is 10.2. The zero-order valence-electron chi connectivity index (χ0n) is 18.7. The summed E-state index contributed by atoms with van der Waals surface area (Å²) in [4.78, 5) is 20.9. The predicted octanol–water partition coefficient (Wildman–Crippen LogP) is 0.346. The van der Waals surface area contributed by atoms with Crippen LogP contribution >= 0.6 is 0 Å². The number of aromatic nitrogens is 2. The fraction of sp³-hybridized carbons (Fsp3) is 0.545. The lowest BCUT2D eigenvalue weighted by atomic mass is 9.97. The molecule has 1 aromatic heterocycles. The molecule has 180 valence electrons. The van der Waals surface area contributed by atoms with Gasteiger partial charge >= 0.3 is 0 Å². The minimum Gasteiger partial charge on any atom is -0.394 e. The number of rotatable bonds is 7. The van der Waals surface area contributed by atoms with Gasteiger partial charge in [-0.1, -0.05) is 18.2 Å². The van der Waals surface area contributed by atoms with Gasteiger partial charge in [-0.05, 0) is 25.0 Å². The lowest BCUT2D eigenvalue weighted by molar-refractivity contribution is -0.140. The smallest absolute Gasteiger partial charge is 0.259 e. The Morgan fingerprint density at radius 1 is 1.18 bits per heavy atom. The van der Waals surface area contributed by atoms with E-state index in [4.69, 9.17) is 4.74 Å². The number of imidazole rings is 1. The maximum atomic E-state index is 12.8. The summed E-state index contributed by atoms with van der Waals surface area (Å²) < 4.78 is 35.2. The van der Waals surface area contributed by atoms with E-state index in [-0.39, 0.29) is 30.1 Å². The molecule has 0 saturated carbocycles. The van der Waals surface area contributed by atoms with Crippen molar-refractivity contribution >= 4 is 21.6 Å². The average Bonchev–Trinajstić information content (AvgIpc) is 3.28.